The van der Waals surface area contributed by atoms with Crippen LogP contribution in [0.5, 0.6) is 40.2 Å². The minimum Gasteiger partial charge on any atom is -0.508 e. The third kappa shape index (κ3) is 3.23. The first-order chi connectivity index (χ1) is 12.2. The van der Waals surface area contributed by atoms with E-state index in [-0.39, 0.29) is 45.4 Å². The molecule has 0 aromatic heterocycles. The van der Waals surface area contributed by atoms with Gasteiger partial charge in [0.2, 0.25) is 0 Å². The molecule has 0 unspecified atom stereocenters. The van der Waals surface area contributed by atoms with Crippen LogP contribution in [-0.4, -0.2) is 35.7 Å². The average molecular weight is 356 g/mol. The van der Waals surface area contributed by atoms with Crippen molar-refractivity contribution in [1.82, 2.24) is 0 Å². The van der Waals surface area contributed by atoms with Crippen molar-refractivity contribution in [1.29, 1.82) is 0 Å². The monoisotopic (exact) mass is 356 g/mol. The molecule has 7 heteroatoms. The summed E-state index contributed by atoms with van der Waals surface area (Å²) in [5, 5.41) is 69.3. The molecule has 0 saturated heterocycles. The Morgan fingerprint density at radius 2 is 0.731 bits per heavy atom. The summed E-state index contributed by atoms with van der Waals surface area (Å²) in [5.74, 6) is -3.26. The molecule has 0 bridgehead atoms. The van der Waals surface area contributed by atoms with Crippen molar-refractivity contribution in [2.24, 2.45) is 0 Å². The predicted molar refractivity (Wildman–Crippen MR) is 91.9 cm³/mol. The Bertz CT molecular complexity index is 867. The Kier molecular flexibility index (Phi) is 4.13. The van der Waals surface area contributed by atoms with E-state index in [4.69, 9.17) is 0 Å². The van der Waals surface area contributed by atoms with Gasteiger partial charge in [-0.25, -0.2) is 0 Å². The molecule has 0 aliphatic carbocycles. The summed E-state index contributed by atoms with van der Waals surface area (Å²) in [6.07, 6.45) is 0. The Morgan fingerprint density at radius 3 is 1.08 bits per heavy atom. The molecule has 0 aliphatic rings. The van der Waals surface area contributed by atoms with Crippen LogP contribution in [0.15, 0.2) is 48.5 Å². The van der Waals surface area contributed by atoms with Crippen LogP contribution in [0.3, 0.4) is 0 Å². The molecule has 0 atom stereocenters. The second-order valence-electron chi connectivity index (χ2n) is 5.90. The number of hydrogen-bond donors (Lipinski definition) is 7. The SMILES string of the molecule is Oc1cc(O)cc(C(c2cc(O)cc(O)c2)c2c(O)cc(O)cc2O)c1. The van der Waals surface area contributed by atoms with E-state index in [1.54, 1.807) is 0 Å². The fraction of sp³-hybridized carbons (Fsp3) is 0.0526. The van der Waals surface area contributed by atoms with Gasteiger partial charge in [0.1, 0.15) is 40.2 Å². The molecule has 0 amide bonds. The lowest BCUT2D eigenvalue weighted by Gasteiger charge is -2.22. The van der Waals surface area contributed by atoms with Gasteiger partial charge < -0.3 is 35.7 Å². The first-order valence-electron chi connectivity index (χ1n) is 7.55. The second kappa shape index (κ2) is 6.29. The van der Waals surface area contributed by atoms with Gasteiger partial charge in [-0.3, -0.25) is 0 Å². The Hall–Kier alpha value is -3.74. The van der Waals surface area contributed by atoms with Crippen LogP contribution >= 0.6 is 0 Å². The van der Waals surface area contributed by atoms with Gasteiger partial charge in [0.05, 0.1) is 0 Å². The average Bonchev–Trinajstić information content (AvgIpc) is 2.48. The van der Waals surface area contributed by atoms with Gasteiger partial charge in [-0.1, -0.05) is 0 Å². The molecular weight excluding hydrogens is 340 g/mol. The second-order valence-corrected chi connectivity index (χ2v) is 5.90. The molecule has 7 nitrogen and oxygen atoms in total. The molecule has 7 N–H and O–H groups in total. The minimum absolute atomic E-state index is 0.0437. The summed E-state index contributed by atoms with van der Waals surface area (Å²) in [7, 11) is 0. The maximum absolute atomic E-state index is 10.3. The highest BCUT2D eigenvalue weighted by atomic mass is 16.3. The lowest BCUT2D eigenvalue weighted by atomic mass is 9.83. The molecular formula is C19H16O7. The highest BCUT2D eigenvalue weighted by molar-refractivity contribution is 5.59. The third-order valence-corrected chi connectivity index (χ3v) is 3.93. The minimum atomic E-state index is -0.980. The zero-order valence-electron chi connectivity index (χ0n) is 13.3. The van der Waals surface area contributed by atoms with Crippen LogP contribution in [0.2, 0.25) is 0 Å². The zero-order chi connectivity index (χ0) is 19.0. The summed E-state index contributed by atoms with van der Waals surface area (Å²) in [6, 6.07) is 9.47. The van der Waals surface area contributed by atoms with Gasteiger partial charge in [0.15, 0.2) is 0 Å². The molecule has 0 spiro atoms. The number of phenols is 7. The fourth-order valence-corrected chi connectivity index (χ4v) is 3.00. The van der Waals surface area contributed by atoms with Crippen molar-refractivity contribution in [2.45, 2.75) is 5.92 Å². The van der Waals surface area contributed by atoms with E-state index in [1.807, 2.05) is 0 Å². The van der Waals surface area contributed by atoms with Gasteiger partial charge >= 0.3 is 0 Å². The summed E-state index contributed by atoms with van der Waals surface area (Å²) >= 11 is 0. The van der Waals surface area contributed by atoms with Crippen molar-refractivity contribution in [3.63, 3.8) is 0 Å². The van der Waals surface area contributed by atoms with Gasteiger partial charge in [0, 0.05) is 35.7 Å². The van der Waals surface area contributed by atoms with Crippen molar-refractivity contribution in [2.75, 3.05) is 0 Å². The van der Waals surface area contributed by atoms with Gasteiger partial charge in [0.25, 0.3) is 0 Å². The fourth-order valence-electron chi connectivity index (χ4n) is 3.00. The first kappa shape index (κ1) is 17.1. The smallest absolute Gasteiger partial charge is 0.127 e. The van der Waals surface area contributed by atoms with E-state index in [9.17, 15) is 35.7 Å². The van der Waals surface area contributed by atoms with E-state index in [1.165, 1.54) is 24.3 Å². The van der Waals surface area contributed by atoms with E-state index in [0.717, 1.165) is 24.3 Å². The van der Waals surface area contributed by atoms with Crippen LogP contribution in [0.1, 0.15) is 22.6 Å². The maximum Gasteiger partial charge on any atom is 0.127 e. The van der Waals surface area contributed by atoms with Gasteiger partial charge in [-0.2, -0.15) is 0 Å². The lowest BCUT2D eigenvalue weighted by molar-refractivity contribution is 0.416. The van der Waals surface area contributed by atoms with Crippen LogP contribution < -0.4 is 0 Å². The van der Waals surface area contributed by atoms with E-state index in [0.29, 0.717) is 0 Å². The quantitative estimate of drug-likeness (QED) is 0.358. The molecule has 3 aromatic rings. The number of aromatic hydroxyl groups is 7. The third-order valence-electron chi connectivity index (χ3n) is 3.93. The standard InChI is InChI=1S/C19H16O7/c20-11-1-9(2-12(21)5-11)18(10-3-13(22)6-14(23)4-10)19-16(25)7-15(24)8-17(19)26/h1-8,18,20-26H. The molecule has 0 radical (unpaired) electrons. The molecule has 0 heterocycles. The van der Waals surface area contributed by atoms with Crippen molar-refractivity contribution >= 4 is 0 Å². The maximum atomic E-state index is 10.3. The van der Waals surface area contributed by atoms with Crippen molar-refractivity contribution in [3.8, 4) is 40.2 Å². The normalized spacial score (nSPS) is 11.0. The Labute approximate surface area is 147 Å². The zero-order valence-corrected chi connectivity index (χ0v) is 13.3. The van der Waals surface area contributed by atoms with Crippen LogP contribution in [0, 0.1) is 0 Å². The molecule has 134 valence electrons. The summed E-state index contributed by atoms with van der Waals surface area (Å²) in [6.45, 7) is 0. The van der Waals surface area contributed by atoms with Crippen LogP contribution in [-0.2, 0) is 0 Å². The van der Waals surface area contributed by atoms with E-state index < -0.39 is 17.4 Å². The summed E-state index contributed by atoms with van der Waals surface area (Å²) in [4.78, 5) is 0. The number of hydrogen-bond acceptors (Lipinski definition) is 7. The topological polar surface area (TPSA) is 142 Å². The highest BCUT2D eigenvalue weighted by Crippen LogP contribution is 2.46. The Morgan fingerprint density at radius 1 is 0.423 bits per heavy atom. The summed E-state index contributed by atoms with van der Waals surface area (Å²) in [5.41, 5.74) is 0.491. The number of phenolic OH excluding ortho intramolecular Hbond substituents is 7. The van der Waals surface area contributed by atoms with Crippen molar-refractivity contribution < 1.29 is 35.7 Å². The van der Waals surface area contributed by atoms with Crippen LogP contribution in [0.4, 0.5) is 0 Å². The van der Waals surface area contributed by atoms with E-state index >= 15 is 0 Å². The molecule has 3 aromatic carbocycles. The predicted octanol–water partition coefficient (Wildman–Crippen LogP) is 2.81. The first-order valence-corrected chi connectivity index (χ1v) is 7.55. The summed E-state index contributed by atoms with van der Waals surface area (Å²) < 4.78 is 0. The van der Waals surface area contributed by atoms with Gasteiger partial charge in [-0.15, -0.1) is 0 Å². The molecule has 0 fully saturated rings. The van der Waals surface area contributed by atoms with Gasteiger partial charge in [-0.05, 0) is 35.4 Å². The van der Waals surface area contributed by atoms with E-state index in [2.05, 4.69) is 0 Å². The molecule has 0 saturated carbocycles. The Balaban J connectivity index is 2.33. The molecule has 3 rings (SSSR count). The molecule has 26 heavy (non-hydrogen) atoms. The largest absolute Gasteiger partial charge is 0.508 e. The van der Waals surface area contributed by atoms with Crippen molar-refractivity contribution in [3.05, 3.63) is 65.2 Å². The lowest BCUT2D eigenvalue weighted by Crippen LogP contribution is -2.04. The van der Waals surface area contributed by atoms with Crippen LogP contribution in [0.25, 0.3) is 0 Å². The molecule has 0 aliphatic heterocycles. The number of rotatable bonds is 3. The number of benzene rings is 3. The highest BCUT2D eigenvalue weighted by Gasteiger charge is 2.26.